The van der Waals surface area contributed by atoms with Crippen LogP contribution in [0, 0.1) is 0 Å². The molecule has 168 valence electrons. The van der Waals surface area contributed by atoms with Crippen LogP contribution in [0.2, 0.25) is 0 Å². The molecule has 0 amide bonds. The van der Waals surface area contributed by atoms with Gasteiger partial charge >= 0.3 is 203 Å². The van der Waals surface area contributed by atoms with Gasteiger partial charge in [-0.1, -0.05) is 0 Å². The van der Waals surface area contributed by atoms with Gasteiger partial charge < -0.3 is 0 Å². The van der Waals surface area contributed by atoms with E-state index in [9.17, 15) is 0 Å². The number of aromatic nitrogens is 6. The van der Waals surface area contributed by atoms with Crippen molar-refractivity contribution in [1.29, 1.82) is 0 Å². The van der Waals surface area contributed by atoms with Crippen LogP contribution in [0.5, 0.6) is 0 Å². The molecule has 0 aliphatic heterocycles. The van der Waals surface area contributed by atoms with Crippen molar-refractivity contribution >= 4 is 12.2 Å². The Balaban J connectivity index is 1.66. The molecule has 0 bridgehead atoms. The zero-order chi connectivity index (χ0) is 22.7. The minimum atomic E-state index is -2.43. The summed E-state index contributed by atoms with van der Waals surface area (Å²) < 4.78 is 9.83. The van der Waals surface area contributed by atoms with Gasteiger partial charge in [0, 0.05) is 0 Å². The molecule has 0 aliphatic carbocycles. The van der Waals surface area contributed by atoms with Gasteiger partial charge in [-0.2, -0.15) is 0 Å². The predicted octanol–water partition coefficient (Wildman–Crippen LogP) is 3.14. The van der Waals surface area contributed by atoms with Gasteiger partial charge in [0.15, 0.2) is 0 Å². The Bertz CT molecular complexity index is 1320. The molecule has 0 radical (unpaired) electrons. The molecule has 6 rings (SSSR count). The fourth-order valence-corrected chi connectivity index (χ4v) is 11.1. The Morgan fingerprint density at radius 3 is 1.03 bits per heavy atom. The average molecular weight is 622 g/mol. The first-order chi connectivity index (χ1) is 16.9. The first kappa shape index (κ1) is 20.5. The van der Waals surface area contributed by atoms with Crippen LogP contribution in [0.3, 0.4) is 0 Å². The molecule has 0 unspecified atom stereocenters. The Morgan fingerprint density at radius 1 is 0.412 bits per heavy atom. The summed E-state index contributed by atoms with van der Waals surface area (Å²) in [7, 11) is 0. The molecule has 34 heavy (non-hydrogen) atoms. The van der Waals surface area contributed by atoms with Crippen molar-refractivity contribution in [1.82, 2.24) is 29.3 Å². The molecule has 3 heterocycles. The van der Waals surface area contributed by atoms with Crippen molar-refractivity contribution in [2.45, 2.75) is 0 Å². The summed E-state index contributed by atoms with van der Waals surface area (Å²) in [4.78, 5) is 0. The second-order valence-corrected chi connectivity index (χ2v) is 13.1. The van der Waals surface area contributed by atoms with Crippen LogP contribution in [0.4, 0.5) is 0 Å². The van der Waals surface area contributed by atoms with E-state index in [1.807, 2.05) is 69.4 Å². The maximum atomic E-state index is 4.57. The molecule has 7 heteroatoms. The third kappa shape index (κ3) is 3.71. The normalized spacial score (nSPS) is 11.5. The molecular formula is C27H21IrN6. The van der Waals surface area contributed by atoms with Gasteiger partial charge in [0.2, 0.25) is 0 Å². The van der Waals surface area contributed by atoms with E-state index in [0.29, 0.717) is 0 Å². The van der Waals surface area contributed by atoms with Gasteiger partial charge in [0.25, 0.3) is 0 Å². The van der Waals surface area contributed by atoms with E-state index < -0.39 is 16.5 Å². The van der Waals surface area contributed by atoms with E-state index in [-0.39, 0.29) is 0 Å². The molecule has 0 saturated carbocycles. The standard InChI is InChI=1S/3C9H7N2.Ir/c3*1-2-5-9(6-3-1)11-8-4-7-10-11;/h3*1-5,7-8H;. The van der Waals surface area contributed by atoms with E-state index in [2.05, 4.69) is 88.1 Å². The van der Waals surface area contributed by atoms with E-state index in [4.69, 9.17) is 0 Å². The van der Waals surface area contributed by atoms with E-state index >= 15 is 0 Å². The van der Waals surface area contributed by atoms with Crippen molar-refractivity contribution in [2.75, 3.05) is 0 Å². The number of rotatable bonds is 6. The number of nitrogens with zero attached hydrogens (tertiary/aromatic N) is 6. The summed E-state index contributed by atoms with van der Waals surface area (Å²) in [5.74, 6) is 0. The van der Waals surface area contributed by atoms with Gasteiger partial charge in [-0.15, -0.1) is 0 Å². The number of benzene rings is 3. The molecule has 0 spiro atoms. The number of para-hydroxylation sites is 3. The molecule has 6 aromatic rings. The molecule has 3 aromatic heterocycles. The van der Waals surface area contributed by atoms with Crippen LogP contribution in [-0.2, 0) is 16.5 Å². The number of hydrogen-bond acceptors (Lipinski definition) is 3. The van der Waals surface area contributed by atoms with Gasteiger partial charge in [-0.3, -0.25) is 0 Å². The quantitative estimate of drug-likeness (QED) is 0.287. The van der Waals surface area contributed by atoms with Gasteiger partial charge in [0.05, 0.1) is 0 Å². The first-order valence-corrected chi connectivity index (χ1v) is 14.4. The molecule has 0 saturated heterocycles. The summed E-state index contributed by atoms with van der Waals surface area (Å²) in [6, 6.07) is 31.7. The van der Waals surface area contributed by atoms with Crippen LogP contribution < -0.4 is 12.2 Å². The van der Waals surface area contributed by atoms with Crippen LogP contribution in [0.25, 0.3) is 17.1 Å². The van der Waals surface area contributed by atoms with E-state index in [1.54, 1.807) is 0 Å². The fourth-order valence-electron chi connectivity index (χ4n) is 3.82. The molecular weight excluding hydrogens is 601 g/mol. The topological polar surface area (TPSA) is 53.5 Å². The maximum absolute atomic E-state index is 4.57. The molecule has 3 aromatic carbocycles. The van der Waals surface area contributed by atoms with Crippen molar-refractivity contribution in [2.24, 2.45) is 0 Å². The van der Waals surface area contributed by atoms with Crippen molar-refractivity contribution < 1.29 is 16.5 Å². The Morgan fingerprint density at radius 2 is 0.735 bits per heavy atom. The number of hydrogen-bond donors (Lipinski definition) is 0. The molecule has 0 aliphatic rings. The predicted molar refractivity (Wildman–Crippen MR) is 130 cm³/mol. The monoisotopic (exact) mass is 622 g/mol. The zero-order valence-electron chi connectivity index (χ0n) is 18.1. The zero-order valence-corrected chi connectivity index (χ0v) is 20.5. The third-order valence-corrected chi connectivity index (χ3v) is 12.2. The van der Waals surface area contributed by atoms with E-state index in [1.165, 1.54) is 12.2 Å². The molecule has 6 nitrogen and oxygen atoms in total. The second-order valence-electron chi connectivity index (χ2n) is 7.38. The summed E-state index contributed by atoms with van der Waals surface area (Å²) >= 11 is -2.43. The first-order valence-electron chi connectivity index (χ1n) is 10.8. The fraction of sp³-hybridized carbons (Fsp3) is 0. The van der Waals surface area contributed by atoms with Crippen LogP contribution >= 0.6 is 0 Å². The van der Waals surface area contributed by atoms with Crippen LogP contribution in [0.1, 0.15) is 0 Å². The van der Waals surface area contributed by atoms with Gasteiger partial charge in [-0.05, 0) is 0 Å². The summed E-state index contributed by atoms with van der Waals surface area (Å²) in [5.41, 5.74) is 3.31. The summed E-state index contributed by atoms with van der Waals surface area (Å²) in [6.07, 6.45) is 11.5. The second kappa shape index (κ2) is 9.06. The Kier molecular flexibility index (Phi) is 5.47. The van der Waals surface area contributed by atoms with Crippen molar-refractivity contribution in [3.8, 4) is 17.1 Å². The Hall–Kier alpha value is -4.06. The van der Waals surface area contributed by atoms with E-state index in [0.717, 1.165) is 17.1 Å². The molecule has 0 fully saturated rings. The molecule has 0 atom stereocenters. The van der Waals surface area contributed by atoms with Crippen LogP contribution in [-0.4, -0.2) is 29.3 Å². The summed E-state index contributed by atoms with van der Waals surface area (Å²) in [6.45, 7) is 0. The SMILES string of the molecule is c1cc[c]([Ir]([c]2ccccc2-n2cccn2)[c]2ccccc2-n2cccn2)c(-n2cccn2)c1. The average Bonchev–Trinajstić information content (AvgIpc) is 3.69. The minimum absolute atomic E-state index is 1.10. The van der Waals surface area contributed by atoms with Crippen molar-refractivity contribution in [3.63, 3.8) is 0 Å². The summed E-state index contributed by atoms with van der Waals surface area (Å²) in [5, 5.41) is 13.7. The Labute approximate surface area is 202 Å². The van der Waals surface area contributed by atoms with Gasteiger partial charge in [0.1, 0.15) is 0 Å². The van der Waals surface area contributed by atoms with Gasteiger partial charge in [-0.25, -0.2) is 0 Å². The third-order valence-electron chi connectivity index (χ3n) is 5.29. The molecule has 0 N–H and O–H groups in total. The van der Waals surface area contributed by atoms with Crippen LogP contribution in [0.15, 0.2) is 128 Å². The van der Waals surface area contributed by atoms with Crippen molar-refractivity contribution in [3.05, 3.63) is 128 Å².